The van der Waals surface area contributed by atoms with Gasteiger partial charge in [-0.2, -0.15) is 0 Å². The van der Waals surface area contributed by atoms with Crippen molar-refractivity contribution in [2.75, 3.05) is 45.2 Å². The second kappa shape index (κ2) is 6.04. The molecule has 0 aliphatic carbocycles. The summed E-state index contributed by atoms with van der Waals surface area (Å²) in [6, 6.07) is 8.48. The van der Waals surface area contributed by atoms with E-state index in [1.807, 2.05) is 14.1 Å². The zero-order chi connectivity index (χ0) is 13.8. The van der Waals surface area contributed by atoms with Crippen LogP contribution >= 0.6 is 0 Å². The molecule has 5 nitrogen and oxygen atoms in total. The van der Waals surface area contributed by atoms with Gasteiger partial charge in [-0.3, -0.25) is 9.69 Å². The number of nitrogens with one attached hydrogen (secondary N) is 1. The molecule has 0 saturated carbocycles. The van der Waals surface area contributed by atoms with Crippen LogP contribution in [0.4, 0.5) is 5.69 Å². The van der Waals surface area contributed by atoms with Crippen LogP contribution in [-0.2, 0) is 4.79 Å². The molecule has 0 aromatic heterocycles. The zero-order valence-electron chi connectivity index (χ0n) is 11.6. The summed E-state index contributed by atoms with van der Waals surface area (Å²) >= 11 is 0. The number of carbonyl (C=O) groups is 1. The third-order valence-corrected chi connectivity index (χ3v) is 3.53. The molecule has 0 radical (unpaired) electrons. The van der Waals surface area contributed by atoms with Crippen LogP contribution in [0.15, 0.2) is 24.3 Å². The van der Waals surface area contributed by atoms with Crippen LogP contribution < -0.4 is 16.0 Å². The second-order valence-electron chi connectivity index (χ2n) is 5.06. The minimum atomic E-state index is 0.0783. The van der Waals surface area contributed by atoms with E-state index < -0.39 is 0 Å². The van der Waals surface area contributed by atoms with Crippen molar-refractivity contribution in [3.63, 3.8) is 0 Å². The number of hydrogen-bond donors (Lipinski definition) is 2. The summed E-state index contributed by atoms with van der Waals surface area (Å²) in [5, 5.41) is 2.84. The van der Waals surface area contributed by atoms with E-state index in [0.29, 0.717) is 19.6 Å². The standard InChI is InChI=1S/C14H22N4O/c1-17(2)12-5-3-11(4-6-12)13(9-15)18-8-7-16-14(19)10-18/h3-6,13H,7-10,15H2,1-2H3,(H,16,19). The number of rotatable bonds is 4. The highest BCUT2D eigenvalue weighted by Crippen LogP contribution is 2.22. The third kappa shape index (κ3) is 3.24. The molecule has 0 bridgehead atoms. The average Bonchev–Trinajstić information content (AvgIpc) is 2.40. The first-order valence-corrected chi connectivity index (χ1v) is 6.60. The Labute approximate surface area is 114 Å². The van der Waals surface area contributed by atoms with Gasteiger partial charge in [0.1, 0.15) is 0 Å². The lowest BCUT2D eigenvalue weighted by Gasteiger charge is -2.33. The Hall–Kier alpha value is -1.59. The number of anilines is 1. The van der Waals surface area contributed by atoms with Gasteiger partial charge in [-0.1, -0.05) is 12.1 Å². The van der Waals surface area contributed by atoms with Crippen molar-refractivity contribution in [2.24, 2.45) is 5.73 Å². The molecule has 1 aliphatic rings. The zero-order valence-corrected chi connectivity index (χ0v) is 11.6. The number of nitrogens with zero attached hydrogens (tertiary/aromatic N) is 2. The van der Waals surface area contributed by atoms with Crippen LogP contribution in [-0.4, -0.2) is 51.1 Å². The van der Waals surface area contributed by atoms with Gasteiger partial charge in [0.25, 0.3) is 0 Å². The maximum atomic E-state index is 11.5. The number of hydrogen-bond acceptors (Lipinski definition) is 4. The summed E-state index contributed by atoms with van der Waals surface area (Å²) in [6.07, 6.45) is 0. The Morgan fingerprint density at radius 1 is 1.37 bits per heavy atom. The van der Waals surface area contributed by atoms with Crippen LogP contribution in [0.3, 0.4) is 0 Å². The molecular weight excluding hydrogens is 240 g/mol. The molecule has 0 spiro atoms. The molecule has 1 aromatic rings. The Balaban J connectivity index is 2.14. The molecule has 1 aromatic carbocycles. The molecule has 5 heteroatoms. The largest absolute Gasteiger partial charge is 0.378 e. The number of carbonyl (C=O) groups excluding carboxylic acids is 1. The SMILES string of the molecule is CN(C)c1ccc(C(CN)N2CCNC(=O)C2)cc1. The minimum absolute atomic E-state index is 0.0783. The summed E-state index contributed by atoms with van der Waals surface area (Å²) < 4.78 is 0. The van der Waals surface area contributed by atoms with Gasteiger partial charge in [-0.25, -0.2) is 0 Å². The summed E-state index contributed by atoms with van der Waals surface area (Å²) in [7, 11) is 4.04. The normalized spacial score (nSPS) is 17.9. The van der Waals surface area contributed by atoms with Crippen molar-refractivity contribution in [2.45, 2.75) is 6.04 Å². The van der Waals surface area contributed by atoms with Gasteiger partial charge in [0.2, 0.25) is 5.91 Å². The molecule has 3 N–H and O–H groups in total. The predicted molar refractivity (Wildman–Crippen MR) is 77.1 cm³/mol. The molecule has 1 aliphatic heterocycles. The number of piperazine rings is 1. The van der Waals surface area contributed by atoms with Crippen LogP contribution in [0, 0.1) is 0 Å². The quantitative estimate of drug-likeness (QED) is 0.813. The fraction of sp³-hybridized carbons (Fsp3) is 0.500. The predicted octanol–water partition coefficient (Wildman–Crippen LogP) is 0.184. The van der Waals surface area contributed by atoms with Gasteiger partial charge in [0.15, 0.2) is 0 Å². The number of nitrogens with two attached hydrogens (primary N) is 1. The van der Waals surface area contributed by atoms with E-state index in [1.54, 1.807) is 0 Å². The molecule has 1 fully saturated rings. The fourth-order valence-corrected chi connectivity index (χ4v) is 2.41. The van der Waals surface area contributed by atoms with Gasteiger partial charge in [-0.15, -0.1) is 0 Å². The van der Waals surface area contributed by atoms with Gasteiger partial charge in [-0.05, 0) is 17.7 Å². The monoisotopic (exact) mass is 262 g/mol. The van der Waals surface area contributed by atoms with Crippen molar-refractivity contribution in [1.82, 2.24) is 10.2 Å². The topological polar surface area (TPSA) is 61.6 Å². The lowest BCUT2D eigenvalue weighted by Crippen LogP contribution is -2.50. The summed E-state index contributed by atoms with van der Waals surface area (Å²) in [5.41, 5.74) is 8.23. The van der Waals surface area contributed by atoms with Gasteiger partial charge in [0.05, 0.1) is 6.54 Å². The first kappa shape index (κ1) is 13.8. The first-order valence-electron chi connectivity index (χ1n) is 6.60. The van der Waals surface area contributed by atoms with Crippen molar-refractivity contribution < 1.29 is 4.79 Å². The summed E-state index contributed by atoms with van der Waals surface area (Å²) in [6.45, 7) is 2.50. The molecule has 1 amide bonds. The molecule has 1 atom stereocenters. The van der Waals surface area contributed by atoms with Crippen molar-refractivity contribution in [1.29, 1.82) is 0 Å². The van der Waals surface area contributed by atoms with Crippen molar-refractivity contribution >= 4 is 11.6 Å². The van der Waals surface area contributed by atoms with Gasteiger partial charge >= 0.3 is 0 Å². The van der Waals surface area contributed by atoms with Crippen LogP contribution in [0.5, 0.6) is 0 Å². The molecule has 19 heavy (non-hydrogen) atoms. The Morgan fingerprint density at radius 2 is 2.05 bits per heavy atom. The average molecular weight is 262 g/mol. The smallest absolute Gasteiger partial charge is 0.234 e. The van der Waals surface area contributed by atoms with Crippen LogP contribution in [0.1, 0.15) is 11.6 Å². The van der Waals surface area contributed by atoms with E-state index in [0.717, 1.165) is 12.2 Å². The number of amides is 1. The molecular formula is C14H22N4O. The van der Waals surface area contributed by atoms with E-state index in [9.17, 15) is 4.79 Å². The minimum Gasteiger partial charge on any atom is -0.378 e. The summed E-state index contributed by atoms with van der Waals surface area (Å²) in [5.74, 6) is 0.0783. The highest BCUT2D eigenvalue weighted by molar-refractivity contribution is 5.78. The maximum absolute atomic E-state index is 11.5. The molecule has 1 saturated heterocycles. The summed E-state index contributed by atoms with van der Waals surface area (Å²) in [4.78, 5) is 15.7. The lowest BCUT2D eigenvalue weighted by molar-refractivity contribution is -0.124. The van der Waals surface area contributed by atoms with E-state index in [1.165, 1.54) is 5.56 Å². The Bertz CT molecular complexity index is 430. The van der Waals surface area contributed by atoms with Crippen molar-refractivity contribution in [3.05, 3.63) is 29.8 Å². The number of benzene rings is 1. The highest BCUT2D eigenvalue weighted by atomic mass is 16.2. The Kier molecular flexibility index (Phi) is 4.39. The van der Waals surface area contributed by atoms with E-state index >= 15 is 0 Å². The molecule has 104 valence electrons. The van der Waals surface area contributed by atoms with Crippen LogP contribution in [0.25, 0.3) is 0 Å². The first-order chi connectivity index (χ1) is 9.11. The van der Waals surface area contributed by atoms with Crippen molar-refractivity contribution in [3.8, 4) is 0 Å². The molecule has 1 unspecified atom stereocenters. The van der Waals surface area contributed by atoms with E-state index in [4.69, 9.17) is 5.73 Å². The van der Waals surface area contributed by atoms with E-state index in [-0.39, 0.29) is 11.9 Å². The van der Waals surface area contributed by atoms with E-state index in [2.05, 4.69) is 39.4 Å². The second-order valence-corrected chi connectivity index (χ2v) is 5.06. The molecule has 2 rings (SSSR count). The molecule has 1 heterocycles. The highest BCUT2D eigenvalue weighted by Gasteiger charge is 2.24. The third-order valence-electron chi connectivity index (χ3n) is 3.53. The lowest BCUT2D eigenvalue weighted by atomic mass is 10.0. The maximum Gasteiger partial charge on any atom is 0.234 e. The van der Waals surface area contributed by atoms with Gasteiger partial charge in [0, 0.05) is 45.5 Å². The fourth-order valence-electron chi connectivity index (χ4n) is 2.41. The van der Waals surface area contributed by atoms with Gasteiger partial charge < -0.3 is 16.0 Å². The van der Waals surface area contributed by atoms with Crippen LogP contribution in [0.2, 0.25) is 0 Å². The Morgan fingerprint density at radius 3 is 2.58 bits per heavy atom.